The highest BCUT2D eigenvalue weighted by Crippen LogP contribution is 2.31. The quantitative estimate of drug-likeness (QED) is 0.639. The van der Waals surface area contributed by atoms with E-state index in [1.165, 1.54) is 11.1 Å². The average Bonchev–Trinajstić information content (AvgIpc) is 3.34. The summed E-state index contributed by atoms with van der Waals surface area (Å²) in [5.41, 5.74) is 5.23. The van der Waals surface area contributed by atoms with E-state index in [4.69, 9.17) is 4.74 Å². The fourth-order valence-electron chi connectivity index (χ4n) is 4.30. The smallest absolute Gasteiger partial charge is 0.227 e. The van der Waals surface area contributed by atoms with E-state index < -0.39 is 0 Å². The van der Waals surface area contributed by atoms with Gasteiger partial charge in [0.15, 0.2) is 0 Å². The highest BCUT2D eigenvalue weighted by atomic mass is 16.5. The number of hydrogen-bond donors (Lipinski definition) is 2. The second kappa shape index (κ2) is 8.83. The van der Waals surface area contributed by atoms with Gasteiger partial charge in [-0.2, -0.15) is 0 Å². The van der Waals surface area contributed by atoms with Gasteiger partial charge in [0.05, 0.1) is 6.54 Å². The molecule has 2 aromatic carbocycles. The van der Waals surface area contributed by atoms with Gasteiger partial charge in [-0.25, -0.2) is 0 Å². The lowest BCUT2D eigenvalue weighted by atomic mass is 9.83. The van der Waals surface area contributed by atoms with Crippen LogP contribution in [0.3, 0.4) is 0 Å². The molecule has 162 valence electrons. The first-order valence-electron chi connectivity index (χ1n) is 11.1. The van der Waals surface area contributed by atoms with Crippen molar-refractivity contribution in [2.45, 2.75) is 26.2 Å². The first-order valence-corrected chi connectivity index (χ1v) is 11.1. The zero-order chi connectivity index (χ0) is 21.9. The van der Waals surface area contributed by atoms with Gasteiger partial charge in [-0.3, -0.25) is 14.8 Å². The van der Waals surface area contributed by atoms with Crippen molar-refractivity contribution in [3.8, 4) is 11.5 Å². The lowest BCUT2D eigenvalue weighted by molar-refractivity contribution is -0.120. The summed E-state index contributed by atoms with van der Waals surface area (Å²) < 4.78 is 6.13. The number of ether oxygens (including phenoxy) is 1. The Morgan fingerprint density at radius 2 is 2.00 bits per heavy atom. The third-order valence-corrected chi connectivity index (χ3v) is 5.95. The van der Waals surface area contributed by atoms with E-state index in [1.807, 2.05) is 49.4 Å². The lowest BCUT2D eigenvalue weighted by Crippen LogP contribution is -2.28. The highest BCUT2D eigenvalue weighted by Gasteiger charge is 2.25. The van der Waals surface area contributed by atoms with Crippen LogP contribution in [0.5, 0.6) is 11.5 Å². The summed E-state index contributed by atoms with van der Waals surface area (Å²) in [6.07, 6.45) is 4.20. The highest BCUT2D eigenvalue weighted by molar-refractivity contribution is 5.98. The molecule has 1 aromatic heterocycles. The van der Waals surface area contributed by atoms with E-state index in [1.54, 1.807) is 6.20 Å². The van der Waals surface area contributed by atoms with Crippen molar-refractivity contribution < 1.29 is 9.53 Å². The molecule has 0 saturated heterocycles. The number of amides is 1. The molecule has 0 unspecified atom stereocenters. The van der Waals surface area contributed by atoms with Gasteiger partial charge in [0.2, 0.25) is 5.91 Å². The molecule has 5 rings (SSSR count). The van der Waals surface area contributed by atoms with Gasteiger partial charge in [-0.15, -0.1) is 0 Å². The molecular formula is C26H26N4O2. The number of aryl methyl sites for hydroxylation is 2. The van der Waals surface area contributed by atoms with Crippen LogP contribution in [0, 0.1) is 12.8 Å². The summed E-state index contributed by atoms with van der Waals surface area (Å²) in [6, 6.07) is 17.8. The Labute approximate surface area is 187 Å². The molecule has 1 aliphatic heterocycles. The van der Waals surface area contributed by atoms with Crippen molar-refractivity contribution in [1.82, 2.24) is 10.3 Å². The molecule has 2 aliphatic rings. The van der Waals surface area contributed by atoms with Gasteiger partial charge < -0.3 is 15.4 Å². The van der Waals surface area contributed by atoms with Crippen molar-refractivity contribution in [2.24, 2.45) is 10.9 Å². The summed E-state index contributed by atoms with van der Waals surface area (Å²) in [5.74, 6) is 2.33. The van der Waals surface area contributed by atoms with Crippen molar-refractivity contribution in [3.05, 3.63) is 83.2 Å². The largest absolute Gasteiger partial charge is 0.457 e. The first kappa shape index (κ1) is 20.2. The van der Waals surface area contributed by atoms with Gasteiger partial charge in [0, 0.05) is 30.4 Å². The number of carbonyl (C=O) groups excluding carboxylic acids is 1. The molecule has 32 heavy (non-hydrogen) atoms. The van der Waals surface area contributed by atoms with E-state index in [0.29, 0.717) is 6.42 Å². The van der Waals surface area contributed by atoms with Crippen LogP contribution in [0.1, 0.15) is 28.8 Å². The molecule has 0 fully saturated rings. The number of rotatable bonds is 5. The second-order valence-corrected chi connectivity index (χ2v) is 8.36. The Kier molecular flexibility index (Phi) is 5.58. The number of anilines is 1. The number of hydrogen-bond acceptors (Lipinski definition) is 5. The van der Waals surface area contributed by atoms with E-state index in [2.05, 4.69) is 32.7 Å². The molecule has 1 amide bonds. The number of fused-ring (bicyclic) bond motifs is 1. The normalized spacial score (nSPS) is 17.2. The van der Waals surface area contributed by atoms with Crippen LogP contribution in [0.15, 0.2) is 65.8 Å². The molecule has 0 radical (unpaired) electrons. The topological polar surface area (TPSA) is 75.6 Å². The summed E-state index contributed by atoms with van der Waals surface area (Å²) in [6.45, 7) is 3.63. The van der Waals surface area contributed by atoms with Crippen molar-refractivity contribution in [3.63, 3.8) is 0 Å². The maximum atomic E-state index is 12.9. The van der Waals surface area contributed by atoms with Crippen LogP contribution in [-0.2, 0) is 17.6 Å². The number of aliphatic imine (C=N–C) groups is 1. The minimum atomic E-state index is -0.0442. The molecule has 1 aliphatic carbocycles. The third kappa shape index (κ3) is 4.49. The first-order chi connectivity index (χ1) is 15.6. The standard InChI is InChI=1S/C26H26N4O2/c1-17-3-2-4-21(13-17)30-26(31)19-6-5-18-7-8-22(15-20(18)14-19)32-23-9-10-27-24(16-23)25-28-11-12-29-25/h2-4,7-10,13,15-16,19H,5-6,11-12,14H2,1H3,(H,28,29)(H,30,31)/t19-/m1/s1. The summed E-state index contributed by atoms with van der Waals surface area (Å²) >= 11 is 0. The Bertz CT molecular complexity index is 1190. The van der Waals surface area contributed by atoms with Gasteiger partial charge in [-0.1, -0.05) is 18.2 Å². The van der Waals surface area contributed by atoms with Crippen molar-refractivity contribution >= 4 is 17.4 Å². The number of amidine groups is 1. The lowest BCUT2D eigenvalue weighted by Gasteiger charge is -2.24. The summed E-state index contributed by atoms with van der Waals surface area (Å²) in [4.78, 5) is 21.7. The van der Waals surface area contributed by atoms with Crippen molar-refractivity contribution in [1.29, 1.82) is 0 Å². The summed E-state index contributed by atoms with van der Waals surface area (Å²) in [5, 5.41) is 6.31. The molecule has 6 heteroatoms. The predicted octanol–water partition coefficient (Wildman–Crippen LogP) is 4.28. The molecule has 6 nitrogen and oxygen atoms in total. The molecule has 1 atom stereocenters. The minimum absolute atomic E-state index is 0.0442. The predicted molar refractivity (Wildman–Crippen MR) is 125 cm³/mol. The molecule has 3 aromatic rings. The van der Waals surface area contributed by atoms with Gasteiger partial charge >= 0.3 is 0 Å². The number of carbonyl (C=O) groups is 1. The van der Waals surface area contributed by atoms with Crippen LogP contribution in [0.4, 0.5) is 5.69 Å². The maximum Gasteiger partial charge on any atom is 0.227 e. The summed E-state index contributed by atoms with van der Waals surface area (Å²) in [7, 11) is 0. The average molecular weight is 427 g/mol. The number of nitrogens with one attached hydrogen (secondary N) is 2. The van der Waals surface area contributed by atoms with Crippen LogP contribution in [0.25, 0.3) is 0 Å². The SMILES string of the molecule is Cc1cccc(NC(=O)[C@@H]2CCc3ccc(Oc4ccnc(C5=NCCN5)c4)cc3C2)c1. The molecule has 2 heterocycles. The van der Waals surface area contributed by atoms with E-state index >= 15 is 0 Å². The fraction of sp³-hybridized carbons (Fsp3) is 0.269. The van der Waals surface area contributed by atoms with Crippen LogP contribution in [-0.4, -0.2) is 29.8 Å². The zero-order valence-electron chi connectivity index (χ0n) is 18.1. The van der Waals surface area contributed by atoms with Gasteiger partial charge in [-0.05, 0) is 73.2 Å². The van der Waals surface area contributed by atoms with Crippen LogP contribution < -0.4 is 15.4 Å². The molecule has 2 N–H and O–H groups in total. The Balaban J connectivity index is 1.29. The fourth-order valence-corrected chi connectivity index (χ4v) is 4.30. The van der Waals surface area contributed by atoms with Gasteiger partial charge in [0.1, 0.15) is 23.0 Å². The van der Waals surface area contributed by atoms with E-state index in [9.17, 15) is 4.79 Å². The van der Waals surface area contributed by atoms with Gasteiger partial charge in [0.25, 0.3) is 0 Å². The maximum absolute atomic E-state index is 12.9. The number of benzene rings is 2. The molecule has 0 saturated carbocycles. The number of pyridine rings is 1. The zero-order valence-corrected chi connectivity index (χ0v) is 18.1. The van der Waals surface area contributed by atoms with Crippen LogP contribution in [0.2, 0.25) is 0 Å². The molecular weight excluding hydrogens is 400 g/mol. The second-order valence-electron chi connectivity index (χ2n) is 8.36. The molecule has 0 spiro atoms. The molecule has 0 bridgehead atoms. The Hall–Kier alpha value is -3.67. The van der Waals surface area contributed by atoms with Crippen molar-refractivity contribution in [2.75, 3.05) is 18.4 Å². The Morgan fingerprint density at radius 3 is 2.84 bits per heavy atom. The Morgan fingerprint density at radius 1 is 1.09 bits per heavy atom. The van der Waals surface area contributed by atoms with E-state index in [-0.39, 0.29) is 11.8 Å². The number of aromatic nitrogens is 1. The van der Waals surface area contributed by atoms with Crippen LogP contribution >= 0.6 is 0 Å². The minimum Gasteiger partial charge on any atom is -0.457 e. The number of nitrogens with zero attached hydrogens (tertiary/aromatic N) is 2. The van der Waals surface area contributed by atoms with E-state index in [0.717, 1.165) is 60.2 Å². The monoisotopic (exact) mass is 426 g/mol. The third-order valence-electron chi connectivity index (χ3n) is 5.95.